The predicted molar refractivity (Wildman–Crippen MR) is 110 cm³/mol. The summed E-state index contributed by atoms with van der Waals surface area (Å²) in [6, 6.07) is 17.0. The van der Waals surface area contributed by atoms with Crippen molar-refractivity contribution in [3.8, 4) is 0 Å². The van der Waals surface area contributed by atoms with Gasteiger partial charge in [0, 0.05) is 23.7 Å². The van der Waals surface area contributed by atoms with E-state index in [-0.39, 0.29) is 16.5 Å². The van der Waals surface area contributed by atoms with Crippen molar-refractivity contribution in [2.75, 3.05) is 31.6 Å². The molecule has 0 unspecified atom stereocenters. The molecule has 1 amide bonds. The Hall–Kier alpha value is -2.26. The highest BCUT2D eigenvalue weighted by molar-refractivity contribution is 7.91. The van der Waals surface area contributed by atoms with Crippen molar-refractivity contribution < 1.29 is 17.9 Å². The van der Waals surface area contributed by atoms with Gasteiger partial charge >= 0.3 is 0 Å². The van der Waals surface area contributed by atoms with Crippen LogP contribution in [0.4, 0.5) is 5.69 Å². The first-order valence-electron chi connectivity index (χ1n) is 8.98. The molecule has 1 N–H and O–H groups in total. The zero-order valence-corrected chi connectivity index (χ0v) is 16.8. The Bertz CT molecular complexity index is 1100. The van der Waals surface area contributed by atoms with Gasteiger partial charge in [-0.1, -0.05) is 30.3 Å². The van der Waals surface area contributed by atoms with E-state index in [1.54, 1.807) is 12.1 Å². The number of morpholine rings is 1. The number of fused-ring (bicyclic) bond motifs is 1. The number of hydrogen-bond acceptors (Lipinski definition) is 5. The maximum atomic E-state index is 12.7. The first kappa shape index (κ1) is 19.1. The minimum Gasteiger partial charge on any atom is -0.379 e. The Labute approximate surface area is 167 Å². The fraction of sp³-hybridized carbons (Fsp3) is 0.250. The fourth-order valence-electron chi connectivity index (χ4n) is 3.14. The van der Waals surface area contributed by atoms with E-state index < -0.39 is 10.0 Å². The highest BCUT2D eigenvalue weighted by Crippen LogP contribution is 2.26. The minimum absolute atomic E-state index is 0.135. The predicted octanol–water partition coefficient (Wildman–Crippen LogP) is 3.10. The number of rotatable bonds is 5. The van der Waals surface area contributed by atoms with Crippen LogP contribution in [0.2, 0.25) is 0 Å². The second-order valence-electron chi connectivity index (χ2n) is 6.52. The average Bonchev–Trinajstić information content (AvgIpc) is 3.18. The molecule has 1 fully saturated rings. The molecule has 1 saturated heterocycles. The zero-order chi connectivity index (χ0) is 19.6. The Morgan fingerprint density at radius 3 is 2.57 bits per heavy atom. The van der Waals surface area contributed by atoms with Crippen LogP contribution >= 0.6 is 11.3 Å². The quantitative estimate of drug-likeness (QED) is 0.693. The molecular formula is C20H20N2O4S2. The molecule has 8 heteroatoms. The maximum Gasteiger partial charge on any atom is 0.252 e. The van der Waals surface area contributed by atoms with Crippen LogP contribution in [0.3, 0.4) is 0 Å². The van der Waals surface area contributed by atoms with Crippen LogP contribution in [0.25, 0.3) is 10.8 Å². The van der Waals surface area contributed by atoms with E-state index in [0.29, 0.717) is 31.2 Å². The molecule has 2 aromatic carbocycles. The minimum atomic E-state index is -3.52. The monoisotopic (exact) mass is 416 g/mol. The third-order valence-electron chi connectivity index (χ3n) is 4.57. The number of benzene rings is 2. The smallest absolute Gasteiger partial charge is 0.252 e. The summed E-state index contributed by atoms with van der Waals surface area (Å²) in [5.74, 6) is -0.174. The summed E-state index contributed by atoms with van der Waals surface area (Å²) in [4.78, 5) is 13.1. The van der Waals surface area contributed by atoms with Crippen molar-refractivity contribution in [2.24, 2.45) is 0 Å². The van der Waals surface area contributed by atoms with Gasteiger partial charge in [0.2, 0.25) is 5.91 Å². The number of nitrogens with zero attached hydrogens (tertiary/aromatic N) is 1. The summed E-state index contributed by atoms with van der Waals surface area (Å²) >= 11 is 1.14. The lowest BCUT2D eigenvalue weighted by Crippen LogP contribution is -2.40. The normalized spacial score (nSPS) is 15.6. The fourth-order valence-corrected chi connectivity index (χ4v) is 6.05. The number of nitrogens with one attached hydrogen (secondary N) is 1. The highest BCUT2D eigenvalue weighted by Gasteiger charge is 2.27. The molecule has 0 spiro atoms. The van der Waals surface area contributed by atoms with Crippen LogP contribution in [0.1, 0.15) is 4.88 Å². The van der Waals surface area contributed by atoms with Gasteiger partial charge in [0.05, 0.1) is 19.6 Å². The Morgan fingerprint density at radius 1 is 1.04 bits per heavy atom. The summed E-state index contributed by atoms with van der Waals surface area (Å²) in [6.07, 6.45) is 0.135. The first-order chi connectivity index (χ1) is 13.5. The second kappa shape index (κ2) is 8.00. The van der Waals surface area contributed by atoms with Crippen molar-refractivity contribution in [2.45, 2.75) is 10.6 Å². The summed E-state index contributed by atoms with van der Waals surface area (Å²) in [6.45, 7) is 1.54. The number of hydrogen-bond donors (Lipinski definition) is 1. The Kier molecular flexibility index (Phi) is 5.45. The van der Waals surface area contributed by atoms with E-state index in [1.165, 1.54) is 4.31 Å². The molecule has 1 aromatic heterocycles. The molecule has 146 valence electrons. The first-order valence-corrected chi connectivity index (χ1v) is 11.2. The summed E-state index contributed by atoms with van der Waals surface area (Å²) in [5, 5.41) is 5.04. The number of ether oxygens (including phenoxy) is 1. The lowest BCUT2D eigenvalue weighted by molar-refractivity contribution is -0.115. The van der Waals surface area contributed by atoms with Crippen molar-refractivity contribution in [1.29, 1.82) is 0 Å². The average molecular weight is 417 g/mol. The zero-order valence-electron chi connectivity index (χ0n) is 15.1. The third-order valence-corrected chi connectivity index (χ3v) is 8.02. The number of sulfonamides is 1. The number of carbonyl (C=O) groups excluding carboxylic acids is 1. The van der Waals surface area contributed by atoms with Gasteiger partial charge in [-0.15, -0.1) is 11.3 Å². The van der Waals surface area contributed by atoms with Gasteiger partial charge in [-0.3, -0.25) is 4.79 Å². The van der Waals surface area contributed by atoms with Gasteiger partial charge in [0.15, 0.2) is 0 Å². The number of carbonyl (C=O) groups is 1. The van der Waals surface area contributed by atoms with Crippen LogP contribution in [0, 0.1) is 0 Å². The highest BCUT2D eigenvalue weighted by atomic mass is 32.2. The molecule has 0 radical (unpaired) electrons. The van der Waals surface area contributed by atoms with Crippen LogP contribution in [0.5, 0.6) is 0 Å². The van der Waals surface area contributed by atoms with Gasteiger partial charge in [-0.05, 0) is 35.0 Å². The standard InChI is InChI=1S/C20H20N2O4S2/c23-19(21-17-6-5-15-3-1-2-4-16(15)13-17)14-18-7-8-20(27-18)28(24,25)22-9-11-26-12-10-22/h1-8,13H,9-12,14H2,(H,21,23). The molecule has 0 aliphatic carbocycles. The van der Waals surface area contributed by atoms with Crippen LogP contribution in [0.15, 0.2) is 58.8 Å². The van der Waals surface area contributed by atoms with Gasteiger partial charge in [-0.25, -0.2) is 8.42 Å². The molecular weight excluding hydrogens is 396 g/mol. The van der Waals surface area contributed by atoms with Crippen LogP contribution < -0.4 is 5.32 Å². The molecule has 1 aliphatic heterocycles. The van der Waals surface area contributed by atoms with Gasteiger partial charge in [0.1, 0.15) is 4.21 Å². The van der Waals surface area contributed by atoms with E-state index in [1.807, 2.05) is 42.5 Å². The summed E-state index contributed by atoms with van der Waals surface area (Å²) in [7, 11) is -3.52. The van der Waals surface area contributed by atoms with Crippen LogP contribution in [-0.4, -0.2) is 44.9 Å². The van der Waals surface area contributed by atoms with Crippen molar-refractivity contribution in [3.05, 3.63) is 59.5 Å². The van der Waals surface area contributed by atoms with Crippen molar-refractivity contribution in [3.63, 3.8) is 0 Å². The number of amides is 1. The van der Waals surface area contributed by atoms with E-state index in [4.69, 9.17) is 4.74 Å². The maximum absolute atomic E-state index is 12.7. The lowest BCUT2D eigenvalue weighted by Gasteiger charge is -2.25. The molecule has 6 nitrogen and oxygen atoms in total. The molecule has 1 aliphatic rings. The lowest BCUT2D eigenvalue weighted by atomic mass is 10.1. The molecule has 0 atom stereocenters. The van der Waals surface area contributed by atoms with Crippen molar-refractivity contribution >= 4 is 43.7 Å². The Morgan fingerprint density at radius 2 is 1.79 bits per heavy atom. The van der Waals surface area contributed by atoms with Crippen LogP contribution in [-0.2, 0) is 26.0 Å². The largest absolute Gasteiger partial charge is 0.379 e. The summed E-state index contributed by atoms with van der Waals surface area (Å²) < 4.78 is 32.3. The molecule has 28 heavy (non-hydrogen) atoms. The van der Waals surface area contributed by atoms with E-state index in [2.05, 4.69) is 5.32 Å². The van der Waals surface area contributed by atoms with Gasteiger partial charge < -0.3 is 10.1 Å². The topological polar surface area (TPSA) is 75.7 Å². The molecule has 3 aromatic rings. The Balaban J connectivity index is 1.43. The van der Waals surface area contributed by atoms with Crippen molar-refractivity contribution in [1.82, 2.24) is 4.31 Å². The van der Waals surface area contributed by atoms with Gasteiger partial charge in [-0.2, -0.15) is 4.31 Å². The second-order valence-corrected chi connectivity index (χ2v) is 9.86. The SMILES string of the molecule is O=C(Cc1ccc(S(=O)(=O)N2CCOCC2)s1)Nc1ccc2ccccc2c1. The van der Waals surface area contributed by atoms with E-state index in [9.17, 15) is 13.2 Å². The number of thiophene rings is 1. The molecule has 2 heterocycles. The molecule has 0 saturated carbocycles. The summed E-state index contributed by atoms with van der Waals surface area (Å²) in [5.41, 5.74) is 0.724. The number of anilines is 1. The van der Waals surface area contributed by atoms with Gasteiger partial charge in [0.25, 0.3) is 10.0 Å². The molecule has 4 rings (SSSR count). The van der Waals surface area contributed by atoms with E-state index >= 15 is 0 Å². The third kappa shape index (κ3) is 4.10. The van der Waals surface area contributed by atoms with E-state index in [0.717, 1.165) is 27.8 Å². The molecule has 0 bridgehead atoms.